The van der Waals surface area contributed by atoms with Crippen molar-refractivity contribution in [1.29, 1.82) is 0 Å². The molecule has 6 nitrogen and oxygen atoms in total. The number of imide groups is 1. The molecule has 2 fully saturated rings. The molecule has 0 bridgehead atoms. The number of fused-ring (bicyclic) bond motifs is 1. The summed E-state index contributed by atoms with van der Waals surface area (Å²) in [6, 6.07) is 3.01. The molecule has 160 valence electrons. The first-order valence-corrected chi connectivity index (χ1v) is 9.90. The Balaban J connectivity index is 1.46. The lowest BCUT2D eigenvalue weighted by Gasteiger charge is -2.32. The van der Waals surface area contributed by atoms with Gasteiger partial charge in [-0.25, -0.2) is 4.79 Å². The molecule has 0 unspecified atom stereocenters. The first kappa shape index (κ1) is 20.4. The Morgan fingerprint density at radius 3 is 2.57 bits per heavy atom. The summed E-state index contributed by atoms with van der Waals surface area (Å²) in [6.07, 6.45) is -2.13. The van der Waals surface area contributed by atoms with Crippen molar-refractivity contribution in [3.8, 4) is 0 Å². The number of benzene rings is 1. The third-order valence-electron chi connectivity index (χ3n) is 6.17. The van der Waals surface area contributed by atoms with E-state index < -0.39 is 29.2 Å². The number of carbonyl (C=O) groups excluding carboxylic acids is 3. The van der Waals surface area contributed by atoms with Crippen LogP contribution in [0.25, 0.3) is 0 Å². The summed E-state index contributed by atoms with van der Waals surface area (Å²) in [5.41, 5.74) is -0.148. The van der Waals surface area contributed by atoms with Gasteiger partial charge in [0.2, 0.25) is 5.91 Å². The fourth-order valence-electron chi connectivity index (χ4n) is 4.23. The van der Waals surface area contributed by atoms with E-state index in [0.29, 0.717) is 24.1 Å². The van der Waals surface area contributed by atoms with E-state index in [-0.39, 0.29) is 31.2 Å². The molecule has 9 heteroatoms. The van der Waals surface area contributed by atoms with Crippen LogP contribution in [0.15, 0.2) is 30.4 Å². The van der Waals surface area contributed by atoms with E-state index in [1.165, 1.54) is 11.0 Å². The molecule has 1 saturated heterocycles. The Kier molecular flexibility index (Phi) is 4.86. The Hall–Kier alpha value is -2.84. The summed E-state index contributed by atoms with van der Waals surface area (Å²) in [5.74, 6) is -0.627. The number of halogens is 3. The number of hydrogen-bond donors (Lipinski definition) is 2. The summed E-state index contributed by atoms with van der Waals surface area (Å²) in [5, 5.41) is 4.87. The van der Waals surface area contributed by atoms with Crippen LogP contribution in [0.4, 0.5) is 18.0 Å². The summed E-state index contributed by atoms with van der Waals surface area (Å²) in [7, 11) is 0. The molecule has 2 heterocycles. The van der Waals surface area contributed by atoms with Gasteiger partial charge in [-0.3, -0.25) is 14.9 Å². The van der Waals surface area contributed by atoms with Gasteiger partial charge in [-0.05, 0) is 60.4 Å². The second-order valence-corrected chi connectivity index (χ2v) is 8.16. The number of alkyl halides is 3. The van der Waals surface area contributed by atoms with E-state index in [4.69, 9.17) is 0 Å². The smallest absolute Gasteiger partial charge is 0.338 e. The van der Waals surface area contributed by atoms with E-state index in [1.54, 1.807) is 0 Å². The molecule has 4 amide bonds. The quantitative estimate of drug-likeness (QED) is 0.567. The van der Waals surface area contributed by atoms with Crippen molar-refractivity contribution < 1.29 is 27.6 Å². The molecule has 1 aliphatic carbocycles. The zero-order chi connectivity index (χ0) is 21.7. The van der Waals surface area contributed by atoms with Crippen LogP contribution in [-0.4, -0.2) is 34.8 Å². The van der Waals surface area contributed by atoms with Gasteiger partial charge in [0.1, 0.15) is 5.54 Å². The maximum atomic E-state index is 13.0. The normalized spacial score (nSPS) is 23.6. The molecule has 30 heavy (non-hydrogen) atoms. The molecule has 1 saturated carbocycles. The molecular weight excluding hydrogens is 399 g/mol. The second-order valence-electron chi connectivity index (χ2n) is 8.16. The molecule has 3 aliphatic rings. The van der Waals surface area contributed by atoms with E-state index in [2.05, 4.69) is 17.2 Å². The van der Waals surface area contributed by atoms with Crippen molar-refractivity contribution in [2.45, 2.75) is 50.4 Å². The Morgan fingerprint density at radius 2 is 1.97 bits per heavy atom. The van der Waals surface area contributed by atoms with Crippen molar-refractivity contribution in [3.05, 3.63) is 47.0 Å². The maximum Gasteiger partial charge on any atom is 0.416 e. The van der Waals surface area contributed by atoms with Gasteiger partial charge < -0.3 is 10.2 Å². The van der Waals surface area contributed by atoms with Crippen molar-refractivity contribution in [2.24, 2.45) is 5.92 Å². The fourth-order valence-corrected chi connectivity index (χ4v) is 4.23. The zero-order valence-corrected chi connectivity index (χ0v) is 16.3. The zero-order valence-electron chi connectivity index (χ0n) is 16.3. The highest BCUT2D eigenvalue weighted by Crippen LogP contribution is 2.43. The fraction of sp³-hybridized carbons (Fsp3) is 0.476. The number of nitrogens with one attached hydrogen (secondary N) is 2. The number of carbonyl (C=O) groups is 3. The van der Waals surface area contributed by atoms with Gasteiger partial charge in [0.05, 0.1) is 5.56 Å². The number of urea groups is 1. The van der Waals surface area contributed by atoms with Crippen LogP contribution in [0, 0.1) is 5.92 Å². The van der Waals surface area contributed by atoms with E-state index in [9.17, 15) is 27.6 Å². The van der Waals surface area contributed by atoms with Crippen molar-refractivity contribution in [1.82, 2.24) is 15.5 Å². The number of nitrogens with zero attached hydrogens (tertiary/aromatic N) is 1. The Labute approximate surface area is 171 Å². The third kappa shape index (κ3) is 3.68. The lowest BCUT2D eigenvalue weighted by molar-refractivity contribution is -0.137. The predicted octanol–water partition coefficient (Wildman–Crippen LogP) is 2.91. The highest BCUT2D eigenvalue weighted by molar-refractivity contribution is 6.09. The van der Waals surface area contributed by atoms with Gasteiger partial charge in [0.25, 0.3) is 5.91 Å². The molecule has 0 spiro atoms. The van der Waals surface area contributed by atoms with Gasteiger partial charge in [0.15, 0.2) is 0 Å². The SMILES string of the molecule is C=C(C1CC1)[C@]1(CCC(=O)N2CCc3ccc(C(F)(F)F)cc3C2)NC(=O)NC1=O. The minimum atomic E-state index is -4.44. The van der Waals surface area contributed by atoms with Crippen molar-refractivity contribution in [2.75, 3.05) is 6.54 Å². The van der Waals surface area contributed by atoms with E-state index >= 15 is 0 Å². The lowest BCUT2D eigenvalue weighted by atomic mass is 9.83. The highest BCUT2D eigenvalue weighted by Gasteiger charge is 2.51. The van der Waals surface area contributed by atoms with Crippen molar-refractivity contribution >= 4 is 17.8 Å². The molecule has 4 rings (SSSR count). The standard InChI is InChI=1S/C21H22F3N3O3/c1-12(13-2-3-13)20(18(29)25-19(30)26-20)8-6-17(28)27-9-7-14-4-5-16(21(22,23)24)10-15(14)11-27/h4-5,10,13H,1-3,6-9,11H2,(H2,25,26,29,30)/t20-/m0/s1. The van der Waals surface area contributed by atoms with Gasteiger partial charge in [-0.2, -0.15) is 13.2 Å². The molecule has 0 aromatic heterocycles. The monoisotopic (exact) mass is 421 g/mol. The number of rotatable bonds is 5. The summed E-state index contributed by atoms with van der Waals surface area (Å²) >= 11 is 0. The van der Waals surface area contributed by atoms with E-state index in [0.717, 1.165) is 30.5 Å². The largest absolute Gasteiger partial charge is 0.416 e. The summed E-state index contributed by atoms with van der Waals surface area (Å²) in [6.45, 7) is 4.49. The average molecular weight is 421 g/mol. The first-order chi connectivity index (χ1) is 14.1. The summed E-state index contributed by atoms with van der Waals surface area (Å²) in [4.78, 5) is 38.5. The highest BCUT2D eigenvalue weighted by atomic mass is 19.4. The summed E-state index contributed by atoms with van der Waals surface area (Å²) < 4.78 is 39.0. The van der Waals surface area contributed by atoms with Crippen LogP contribution >= 0.6 is 0 Å². The predicted molar refractivity (Wildman–Crippen MR) is 101 cm³/mol. The van der Waals surface area contributed by atoms with Crippen LogP contribution in [-0.2, 0) is 28.7 Å². The maximum absolute atomic E-state index is 13.0. The second kappa shape index (κ2) is 7.14. The molecule has 0 radical (unpaired) electrons. The Bertz CT molecular complexity index is 939. The minimum Gasteiger partial charge on any atom is -0.338 e. The van der Waals surface area contributed by atoms with Crippen LogP contribution in [0.3, 0.4) is 0 Å². The van der Waals surface area contributed by atoms with Gasteiger partial charge in [-0.15, -0.1) is 0 Å². The molecule has 1 aromatic carbocycles. The van der Waals surface area contributed by atoms with Crippen LogP contribution in [0.2, 0.25) is 0 Å². The lowest BCUT2D eigenvalue weighted by Crippen LogP contribution is -2.50. The van der Waals surface area contributed by atoms with Crippen LogP contribution in [0.5, 0.6) is 0 Å². The third-order valence-corrected chi connectivity index (χ3v) is 6.17. The van der Waals surface area contributed by atoms with Gasteiger partial charge in [0, 0.05) is 19.5 Å². The molecule has 2 aliphatic heterocycles. The number of amides is 4. The number of hydrogen-bond acceptors (Lipinski definition) is 3. The van der Waals surface area contributed by atoms with Gasteiger partial charge in [-0.1, -0.05) is 12.6 Å². The van der Waals surface area contributed by atoms with Crippen LogP contribution in [0.1, 0.15) is 42.4 Å². The van der Waals surface area contributed by atoms with E-state index in [1.807, 2.05) is 0 Å². The van der Waals surface area contributed by atoms with Gasteiger partial charge >= 0.3 is 12.2 Å². The Morgan fingerprint density at radius 1 is 1.23 bits per heavy atom. The van der Waals surface area contributed by atoms with Crippen LogP contribution < -0.4 is 10.6 Å². The topological polar surface area (TPSA) is 78.5 Å². The molecule has 1 atom stereocenters. The average Bonchev–Trinajstić information content (AvgIpc) is 3.49. The molecule has 1 aromatic rings. The first-order valence-electron chi connectivity index (χ1n) is 9.90. The minimum absolute atomic E-state index is 0.0201. The van der Waals surface area contributed by atoms with Crippen molar-refractivity contribution in [3.63, 3.8) is 0 Å². The molecular formula is C21H22F3N3O3. The molecule has 2 N–H and O–H groups in total.